The van der Waals surface area contributed by atoms with Crippen LogP contribution in [0.5, 0.6) is 11.5 Å². The predicted molar refractivity (Wildman–Crippen MR) is 83.0 cm³/mol. The fourth-order valence-electron chi connectivity index (χ4n) is 1.70. The van der Waals surface area contributed by atoms with Crippen LogP contribution in [0.25, 0.3) is 0 Å². The Morgan fingerprint density at radius 2 is 1.90 bits per heavy atom. The van der Waals surface area contributed by atoms with Crippen LogP contribution < -0.4 is 9.47 Å². The lowest BCUT2D eigenvalue weighted by Gasteiger charge is -2.12. The summed E-state index contributed by atoms with van der Waals surface area (Å²) in [4.78, 5) is 4.19. The van der Waals surface area contributed by atoms with Gasteiger partial charge in [-0.1, -0.05) is 11.8 Å². The molecule has 0 aliphatic carbocycles. The maximum atomic E-state index is 9.93. The van der Waals surface area contributed by atoms with Crippen molar-refractivity contribution < 1.29 is 14.6 Å². The summed E-state index contributed by atoms with van der Waals surface area (Å²) in [6.45, 7) is 2.84. The van der Waals surface area contributed by atoms with Gasteiger partial charge in [-0.25, -0.2) is 4.98 Å². The van der Waals surface area contributed by atoms with E-state index in [0.717, 1.165) is 16.7 Å². The molecular weight excluding hydrogens is 288 g/mol. The topological polar surface area (TPSA) is 56.5 Å². The van der Waals surface area contributed by atoms with Crippen LogP contribution in [-0.4, -0.2) is 39.7 Å². The number of aryl methyl sites for hydroxylation is 1. The highest BCUT2D eigenvalue weighted by Crippen LogP contribution is 2.19. The van der Waals surface area contributed by atoms with Gasteiger partial charge in [-0.3, -0.25) is 0 Å². The van der Waals surface area contributed by atoms with E-state index < -0.39 is 6.10 Å². The first-order valence-corrected chi connectivity index (χ1v) is 7.81. The smallest absolute Gasteiger partial charge is 0.167 e. The predicted octanol–water partition coefficient (Wildman–Crippen LogP) is 2.35. The van der Waals surface area contributed by atoms with Crippen LogP contribution in [0.2, 0.25) is 0 Å². The van der Waals surface area contributed by atoms with E-state index in [2.05, 4.69) is 4.98 Å². The van der Waals surface area contributed by atoms with E-state index in [4.69, 9.17) is 9.47 Å². The van der Waals surface area contributed by atoms with Gasteiger partial charge in [0.05, 0.1) is 12.7 Å². The first-order valence-electron chi connectivity index (χ1n) is 6.83. The number of aromatic nitrogens is 2. The molecule has 1 heterocycles. The molecule has 1 unspecified atom stereocenters. The third-order valence-corrected chi connectivity index (χ3v) is 3.96. The second kappa shape index (κ2) is 7.95. The molecule has 0 saturated carbocycles. The van der Waals surface area contributed by atoms with E-state index in [1.165, 1.54) is 11.8 Å². The largest absolute Gasteiger partial charge is 0.494 e. The van der Waals surface area contributed by atoms with Gasteiger partial charge in [-0.2, -0.15) is 0 Å². The van der Waals surface area contributed by atoms with Crippen LogP contribution in [0.15, 0.2) is 41.8 Å². The number of aliphatic hydroxyl groups excluding tert-OH is 1. The minimum atomic E-state index is -0.543. The summed E-state index contributed by atoms with van der Waals surface area (Å²) in [5.41, 5.74) is 0. The number of ether oxygens (including phenoxy) is 2. The third kappa shape index (κ3) is 4.99. The van der Waals surface area contributed by atoms with Crippen molar-refractivity contribution in [3.8, 4) is 11.5 Å². The number of rotatable bonds is 8. The molecule has 0 spiro atoms. The quantitative estimate of drug-likeness (QED) is 0.759. The number of nitrogens with zero attached hydrogens (tertiary/aromatic N) is 2. The van der Waals surface area contributed by atoms with Crippen LogP contribution >= 0.6 is 11.8 Å². The lowest BCUT2D eigenvalue weighted by Crippen LogP contribution is -2.20. The molecule has 0 saturated heterocycles. The van der Waals surface area contributed by atoms with Gasteiger partial charge in [-0.05, 0) is 31.2 Å². The molecule has 1 aromatic heterocycles. The van der Waals surface area contributed by atoms with Gasteiger partial charge in [0.2, 0.25) is 0 Å². The van der Waals surface area contributed by atoms with Crippen molar-refractivity contribution >= 4 is 11.8 Å². The van der Waals surface area contributed by atoms with E-state index in [1.54, 1.807) is 6.20 Å². The molecular formula is C15H20N2O3S. The van der Waals surface area contributed by atoms with Gasteiger partial charge in [0, 0.05) is 25.2 Å². The van der Waals surface area contributed by atoms with Gasteiger partial charge in [0.15, 0.2) is 5.16 Å². The second-order valence-electron chi connectivity index (χ2n) is 4.50. The van der Waals surface area contributed by atoms with E-state index in [9.17, 15) is 5.11 Å². The highest BCUT2D eigenvalue weighted by atomic mass is 32.2. The molecule has 0 aliphatic heterocycles. The Balaban J connectivity index is 1.73. The molecule has 0 amide bonds. The fraction of sp³-hybridized carbons (Fsp3) is 0.400. The molecule has 1 aromatic carbocycles. The minimum absolute atomic E-state index is 0.255. The van der Waals surface area contributed by atoms with Crippen molar-refractivity contribution in [2.24, 2.45) is 7.05 Å². The van der Waals surface area contributed by atoms with Gasteiger partial charge < -0.3 is 19.1 Å². The van der Waals surface area contributed by atoms with Crippen LogP contribution in [0.1, 0.15) is 6.92 Å². The fourth-order valence-corrected chi connectivity index (χ4v) is 2.54. The molecule has 0 bridgehead atoms. The normalized spacial score (nSPS) is 12.1. The maximum absolute atomic E-state index is 9.93. The number of aliphatic hydroxyl groups is 1. The molecule has 6 heteroatoms. The Bertz CT molecular complexity index is 542. The Hall–Kier alpha value is -1.66. The van der Waals surface area contributed by atoms with Crippen molar-refractivity contribution in [1.29, 1.82) is 0 Å². The van der Waals surface area contributed by atoms with Crippen LogP contribution in [0.3, 0.4) is 0 Å². The maximum Gasteiger partial charge on any atom is 0.167 e. The molecule has 0 aliphatic rings. The minimum Gasteiger partial charge on any atom is -0.494 e. The van der Waals surface area contributed by atoms with E-state index >= 15 is 0 Å². The van der Waals surface area contributed by atoms with Gasteiger partial charge in [-0.15, -0.1) is 0 Å². The number of hydrogen-bond acceptors (Lipinski definition) is 5. The summed E-state index contributed by atoms with van der Waals surface area (Å²) in [6.07, 6.45) is 3.08. The SMILES string of the molecule is CCOc1ccc(OCC(O)CSc2nccn2C)cc1. The molecule has 5 nitrogen and oxygen atoms in total. The molecule has 0 radical (unpaired) electrons. The van der Waals surface area contributed by atoms with Crippen molar-refractivity contribution in [1.82, 2.24) is 9.55 Å². The van der Waals surface area contributed by atoms with Crippen molar-refractivity contribution in [3.05, 3.63) is 36.7 Å². The number of benzene rings is 1. The lowest BCUT2D eigenvalue weighted by molar-refractivity contribution is 0.126. The zero-order chi connectivity index (χ0) is 15.1. The van der Waals surface area contributed by atoms with E-state index in [1.807, 2.05) is 49.0 Å². The summed E-state index contributed by atoms with van der Waals surface area (Å²) in [6, 6.07) is 7.38. The Morgan fingerprint density at radius 1 is 1.24 bits per heavy atom. The highest BCUT2D eigenvalue weighted by Gasteiger charge is 2.08. The molecule has 2 rings (SSSR count). The summed E-state index contributed by atoms with van der Waals surface area (Å²) < 4.78 is 12.8. The highest BCUT2D eigenvalue weighted by molar-refractivity contribution is 7.99. The molecule has 2 aromatic rings. The number of imidazole rings is 1. The van der Waals surface area contributed by atoms with Crippen molar-refractivity contribution in [2.45, 2.75) is 18.2 Å². The lowest BCUT2D eigenvalue weighted by atomic mass is 10.3. The summed E-state index contributed by atoms with van der Waals surface area (Å²) >= 11 is 1.51. The molecule has 21 heavy (non-hydrogen) atoms. The van der Waals surface area contributed by atoms with Crippen LogP contribution in [0, 0.1) is 0 Å². The zero-order valence-corrected chi connectivity index (χ0v) is 13.0. The molecule has 1 atom stereocenters. The summed E-state index contributed by atoms with van der Waals surface area (Å²) in [5, 5.41) is 10.8. The summed E-state index contributed by atoms with van der Waals surface area (Å²) in [7, 11) is 1.93. The second-order valence-corrected chi connectivity index (χ2v) is 5.49. The van der Waals surface area contributed by atoms with Crippen molar-refractivity contribution in [2.75, 3.05) is 19.0 Å². The average Bonchev–Trinajstić information content (AvgIpc) is 2.90. The average molecular weight is 308 g/mol. The standard InChI is InChI=1S/C15H20N2O3S/c1-3-19-13-4-6-14(7-5-13)20-10-12(18)11-21-15-16-8-9-17(15)2/h4-9,12,18H,3,10-11H2,1-2H3. The number of thioether (sulfide) groups is 1. The van der Waals surface area contributed by atoms with Crippen molar-refractivity contribution in [3.63, 3.8) is 0 Å². The molecule has 0 fully saturated rings. The Morgan fingerprint density at radius 3 is 2.48 bits per heavy atom. The first-order chi connectivity index (χ1) is 10.2. The Kier molecular flexibility index (Phi) is 5.95. The number of hydrogen-bond donors (Lipinski definition) is 1. The first kappa shape index (κ1) is 15.7. The molecule has 114 valence electrons. The van der Waals surface area contributed by atoms with Gasteiger partial charge >= 0.3 is 0 Å². The Labute approximate surface area is 128 Å². The summed E-state index contributed by atoms with van der Waals surface area (Å²) in [5.74, 6) is 2.08. The zero-order valence-electron chi connectivity index (χ0n) is 12.2. The van der Waals surface area contributed by atoms with Gasteiger partial charge in [0.1, 0.15) is 18.1 Å². The van der Waals surface area contributed by atoms with Gasteiger partial charge in [0.25, 0.3) is 0 Å². The monoisotopic (exact) mass is 308 g/mol. The molecule has 1 N–H and O–H groups in total. The van der Waals surface area contributed by atoms with E-state index in [-0.39, 0.29) is 6.61 Å². The van der Waals surface area contributed by atoms with Crippen LogP contribution in [-0.2, 0) is 7.05 Å². The van der Waals surface area contributed by atoms with E-state index in [0.29, 0.717) is 12.4 Å². The van der Waals surface area contributed by atoms with Crippen LogP contribution in [0.4, 0.5) is 0 Å². The third-order valence-electron chi connectivity index (χ3n) is 2.76.